The third-order valence-corrected chi connectivity index (χ3v) is 6.89. The van der Waals surface area contributed by atoms with E-state index < -0.39 is 0 Å². The number of rotatable bonds is 4. The number of piperazine rings is 1. The van der Waals surface area contributed by atoms with Crippen LogP contribution in [0, 0.1) is 5.92 Å². The molecule has 0 amide bonds. The SMILES string of the molecule is [B]N1CCC(CN2CCN(c3ccc(Cl)cc3Cl)C(c3ccc(Cl)cc3)C2)CC1. The predicted octanol–water partition coefficient (Wildman–Crippen LogP) is 5.31. The molecule has 7 heteroatoms. The van der Waals surface area contributed by atoms with Crippen molar-refractivity contribution in [3.05, 3.63) is 63.1 Å². The molecule has 2 aliphatic heterocycles. The summed E-state index contributed by atoms with van der Waals surface area (Å²) in [4.78, 5) is 6.94. The van der Waals surface area contributed by atoms with Crippen LogP contribution in [0.2, 0.25) is 15.1 Å². The number of benzene rings is 2. The molecule has 0 aliphatic carbocycles. The maximum Gasteiger partial charge on any atom is 0.182 e. The molecule has 0 aromatic heterocycles. The summed E-state index contributed by atoms with van der Waals surface area (Å²) in [5.74, 6) is 0.714. The Balaban J connectivity index is 1.55. The van der Waals surface area contributed by atoms with Gasteiger partial charge in [0.15, 0.2) is 7.98 Å². The normalized spacial score (nSPS) is 22.2. The van der Waals surface area contributed by atoms with Gasteiger partial charge < -0.3 is 9.71 Å². The summed E-state index contributed by atoms with van der Waals surface area (Å²) < 4.78 is 0. The second-order valence-electron chi connectivity index (χ2n) is 8.10. The zero-order chi connectivity index (χ0) is 20.4. The van der Waals surface area contributed by atoms with Gasteiger partial charge in [-0.05, 0) is 67.7 Å². The van der Waals surface area contributed by atoms with Crippen LogP contribution in [0.4, 0.5) is 5.69 Å². The quantitative estimate of drug-likeness (QED) is 0.587. The van der Waals surface area contributed by atoms with Crippen LogP contribution in [0.1, 0.15) is 24.4 Å². The molecule has 1 atom stereocenters. The lowest BCUT2D eigenvalue weighted by atomic mass is 9.93. The minimum Gasteiger partial charge on any atom is -0.361 e. The number of anilines is 1. The Morgan fingerprint density at radius 2 is 1.55 bits per heavy atom. The molecule has 152 valence electrons. The third kappa shape index (κ3) is 5.23. The lowest BCUT2D eigenvalue weighted by molar-refractivity contribution is 0.160. The van der Waals surface area contributed by atoms with Crippen LogP contribution in [0.5, 0.6) is 0 Å². The van der Waals surface area contributed by atoms with Crippen LogP contribution in [0.25, 0.3) is 0 Å². The van der Waals surface area contributed by atoms with Gasteiger partial charge in [-0.1, -0.05) is 46.9 Å². The second kappa shape index (κ2) is 9.49. The topological polar surface area (TPSA) is 9.72 Å². The fourth-order valence-electron chi connectivity index (χ4n) is 4.48. The van der Waals surface area contributed by atoms with Gasteiger partial charge in [0.25, 0.3) is 0 Å². The minimum absolute atomic E-state index is 0.217. The summed E-state index contributed by atoms with van der Waals surface area (Å²) in [5.41, 5.74) is 2.29. The standard InChI is InChI=1S/C22H25BCl3N3/c23-28-9-7-16(8-10-28)14-27-11-12-29(21-6-5-19(25)13-20(21)26)22(15-27)17-1-3-18(24)4-2-17/h1-6,13,16,22H,7-12,14-15H2. The van der Waals surface area contributed by atoms with E-state index in [9.17, 15) is 0 Å². The van der Waals surface area contributed by atoms with Crippen molar-refractivity contribution in [3.63, 3.8) is 0 Å². The largest absolute Gasteiger partial charge is 0.361 e. The fourth-order valence-corrected chi connectivity index (χ4v) is 5.12. The van der Waals surface area contributed by atoms with Gasteiger partial charge in [-0.15, -0.1) is 0 Å². The number of hydrogen-bond donors (Lipinski definition) is 0. The first-order valence-electron chi connectivity index (χ1n) is 10.2. The van der Waals surface area contributed by atoms with Crippen LogP contribution in [0.3, 0.4) is 0 Å². The summed E-state index contributed by atoms with van der Waals surface area (Å²) >= 11 is 18.8. The number of piperidine rings is 1. The molecule has 0 bridgehead atoms. The first kappa shape index (κ1) is 21.3. The van der Waals surface area contributed by atoms with E-state index in [2.05, 4.69) is 21.9 Å². The predicted molar refractivity (Wildman–Crippen MR) is 124 cm³/mol. The highest BCUT2D eigenvalue weighted by atomic mass is 35.5. The molecule has 2 aromatic rings. The first-order chi connectivity index (χ1) is 14.0. The molecule has 2 saturated heterocycles. The second-order valence-corrected chi connectivity index (χ2v) is 9.38. The zero-order valence-corrected chi connectivity index (χ0v) is 18.7. The van der Waals surface area contributed by atoms with E-state index in [1.165, 1.54) is 18.4 Å². The van der Waals surface area contributed by atoms with Gasteiger partial charge in [0.1, 0.15) is 0 Å². The number of nitrogens with zero attached hydrogens (tertiary/aromatic N) is 3. The van der Waals surface area contributed by atoms with Crippen LogP contribution >= 0.6 is 34.8 Å². The third-order valence-electron chi connectivity index (χ3n) is 6.10. The van der Waals surface area contributed by atoms with Gasteiger partial charge in [-0.25, -0.2) is 0 Å². The van der Waals surface area contributed by atoms with Gasteiger partial charge in [-0.3, -0.25) is 4.90 Å². The highest BCUT2D eigenvalue weighted by Crippen LogP contribution is 2.37. The van der Waals surface area contributed by atoms with Crippen molar-refractivity contribution in [1.29, 1.82) is 0 Å². The highest BCUT2D eigenvalue weighted by Gasteiger charge is 2.31. The Bertz CT molecular complexity index is 825. The lowest BCUT2D eigenvalue weighted by Gasteiger charge is -2.45. The van der Waals surface area contributed by atoms with Crippen LogP contribution in [-0.4, -0.2) is 57.0 Å². The van der Waals surface area contributed by atoms with Crippen molar-refractivity contribution >= 4 is 48.5 Å². The van der Waals surface area contributed by atoms with Crippen molar-refractivity contribution in [3.8, 4) is 0 Å². The van der Waals surface area contributed by atoms with Gasteiger partial charge >= 0.3 is 0 Å². The van der Waals surface area contributed by atoms with Crippen molar-refractivity contribution < 1.29 is 0 Å². The molecule has 2 aliphatic rings. The van der Waals surface area contributed by atoms with Gasteiger partial charge in [0.05, 0.1) is 16.8 Å². The van der Waals surface area contributed by atoms with Crippen molar-refractivity contribution in [1.82, 2.24) is 9.71 Å². The van der Waals surface area contributed by atoms with E-state index >= 15 is 0 Å². The smallest absolute Gasteiger partial charge is 0.182 e. The average Bonchev–Trinajstić information content (AvgIpc) is 2.71. The Morgan fingerprint density at radius 1 is 0.862 bits per heavy atom. The molecule has 1 unspecified atom stereocenters. The molecule has 29 heavy (non-hydrogen) atoms. The van der Waals surface area contributed by atoms with Crippen LogP contribution < -0.4 is 4.90 Å². The summed E-state index contributed by atoms with van der Waals surface area (Å²) in [6.45, 7) is 6.01. The lowest BCUT2D eigenvalue weighted by Crippen LogP contribution is -2.50. The molecule has 4 rings (SSSR count). The monoisotopic (exact) mass is 447 g/mol. The Morgan fingerprint density at radius 3 is 2.24 bits per heavy atom. The zero-order valence-electron chi connectivity index (χ0n) is 16.4. The Hall–Kier alpha value is -0.905. The maximum atomic E-state index is 6.57. The molecule has 2 heterocycles. The van der Waals surface area contributed by atoms with Crippen molar-refractivity contribution in [2.24, 2.45) is 5.92 Å². The van der Waals surface area contributed by atoms with E-state index in [1.54, 1.807) is 0 Å². The van der Waals surface area contributed by atoms with E-state index in [-0.39, 0.29) is 6.04 Å². The highest BCUT2D eigenvalue weighted by molar-refractivity contribution is 6.36. The summed E-state index contributed by atoms with van der Waals surface area (Å²) in [5, 5.41) is 2.11. The summed E-state index contributed by atoms with van der Waals surface area (Å²) in [6, 6.07) is 14.2. The number of halogens is 3. The van der Waals surface area contributed by atoms with Gasteiger partial charge in [-0.2, -0.15) is 0 Å². The van der Waals surface area contributed by atoms with E-state index in [0.29, 0.717) is 16.0 Å². The van der Waals surface area contributed by atoms with E-state index in [4.69, 9.17) is 42.8 Å². The number of hydrogen-bond acceptors (Lipinski definition) is 3. The molecule has 2 fully saturated rings. The van der Waals surface area contributed by atoms with Crippen LogP contribution in [-0.2, 0) is 0 Å². The summed E-state index contributed by atoms with van der Waals surface area (Å²) in [7, 11) is 5.93. The van der Waals surface area contributed by atoms with Gasteiger partial charge in [0, 0.05) is 36.2 Å². The Kier molecular flexibility index (Phi) is 6.98. The van der Waals surface area contributed by atoms with Crippen molar-refractivity contribution in [2.75, 3.05) is 44.2 Å². The molecule has 3 nitrogen and oxygen atoms in total. The molecular formula is C22H25BCl3N3. The fraction of sp³-hybridized carbons (Fsp3) is 0.455. The maximum absolute atomic E-state index is 6.57. The summed E-state index contributed by atoms with van der Waals surface area (Å²) in [6.07, 6.45) is 2.34. The molecule has 2 aromatic carbocycles. The molecule has 0 N–H and O–H groups in total. The Labute approximate surface area is 189 Å². The first-order valence-corrected chi connectivity index (χ1v) is 11.3. The van der Waals surface area contributed by atoms with Crippen molar-refractivity contribution in [2.45, 2.75) is 18.9 Å². The van der Waals surface area contributed by atoms with E-state index in [0.717, 1.165) is 50.0 Å². The average molecular weight is 449 g/mol. The molecule has 2 radical (unpaired) electrons. The molecular weight excluding hydrogens is 423 g/mol. The van der Waals surface area contributed by atoms with Gasteiger partial charge in [0.2, 0.25) is 0 Å². The van der Waals surface area contributed by atoms with Crippen LogP contribution in [0.15, 0.2) is 42.5 Å². The minimum atomic E-state index is 0.217. The molecule has 0 saturated carbocycles. The van der Waals surface area contributed by atoms with E-state index in [1.807, 2.05) is 35.1 Å². The molecule has 0 spiro atoms.